The standard InChI is InChI=1S/C9H14N2O2/c1-11(5-4-10)9(12)8-3-2-6-13-7-8/h8H,2-3,5-7H2,1H3. The molecule has 4 nitrogen and oxygen atoms in total. The van der Waals surface area contributed by atoms with E-state index in [0.29, 0.717) is 6.61 Å². The smallest absolute Gasteiger partial charge is 0.228 e. The molecule has 72 valence electrons. The molecule has 13 heavy (non-hydrogen) atoms. The van der Waals surface area contributed by atoms with Crippen molar-refractivity contribution in [3.05, 3.63) is 0 Å². The van der Waals surface area contributed by atoms with Gasteiger partial charge in [-0.25, -0.2) is 0 Å². The Bertz CT molecular complexity index is 216. The summed E-state index contributed by atoms with van der Waals surface area (Å²) in [6, 6.07) is 1.95. The van der Waals surface area contributed by atoms with E-state index in [1.807, 2.05) is 6.07 Å². The van der Waals surface area contributed by atoms with Gasteiger partial charge in [0.25, 0.3) is 0 Å². The van der Waals surface area contributed by atoms with E-state index < -0.39 is 0 Å². The van der Waals surface area contributed by atoms with Gasteiger partial charge in [-0.05, 0) is 12.8 Å². The van der Waals surface area contributed by atoms with Crippen LogP contribution in [0, 0.1) is 17.2 Å². The van der Waals surface area contributed by atoms with Gasteiger partial charge < -0.3 is 9.64 Å². The predicted molar refractivity (Wildman–Crippen MR) is 46.8 cm³/mol. The fraction of sp³-hybridized carbons (Fsp3) is 0.778. The summed E-state index contributed by atoms with van der Waals surface area (Å²) in [5.41, 5.74) is 0. The molecular formula is C9H14N2O2. The Balaban J connectivity index is 2.41. The van der Waals surface area contributed by atoms with Gasteiger partial charge in [0.15, 0.2) is 0 Å². The minimum atomic E-state index is -0.0351. The lowest BCUT2D eigenvalue weighted by atomic mass is 10.0. The van der Waals surface area contributed by atoms with Crippen LogP contribution in [0.15, 0.2) is 0 Å². The molecule has 0 aromatic rings. The zero-order valence-corrected chi connectivity index (χ0v) is 7.82. The topological polar surface area (TPSA) is 53.3 Å². The number of hydrogen-bond donors (Lipinski definition) is 0. The van der Waals surface area contributed by atoms with Gasteiger partial charge in [-0.1, -0.05) is 0 Å². The molecule has 0 spiro atoms. The highest BCUT2D eigenvalue weighted by Crippen LogP contribution is 2.15. The fourth-order valence-electron chi connectivity index (χ4n) is 1.43. The van der Waals surface area contributed by atoms with Crippen LogP contribution in [-0.4, -0.2) is 37.6 Å². The van der Waals surface area contributed by atoms with Crippen molar-refractivity contribution in [2.75, 3.05) is 26.8 Å². The van der Waals surface area contributed by atoms with Crippen LogP contribution in [-0.2, 0) is 9.53 Å². The quantitative estimate of drug-likeness (QED) is 0.581. The molecule has 1 unspecified atom stereocenters. The van der Waals surface area contributed by atoms with E-state index in [0.717, 1.165) is 19.4 Å². The molecule has 1 fully saturated rings. The fourth-order valence-corrected chi connectivity index (χ4v) is 1.43. The molecule has 1 atom stereocenters. The van der Waals surface area contributed by atoms with Gasteiger partial charge in [-0.3, -0.25) is 4.79 Å². The van der Waals surface area contributed by atoms with Gasteiger partial charge in [0.2, 0.25) is 5.91 Å². The summed E-state index contributed by atoms with van der Waals surface area (Å²) >= 11 is 0. The Morgan fingerprint density at radius 3 is 3.08 bits per heavy atom. The molecule has 1 rings (SSSR count). The average Bonchev–Trinajstić information content (AvgIpc) is 2.18. The third-order valence-corrected chi connectivity index (χ3v) is 2.19. The maximum absolute atomic E-state index is 11.6. The Morgan fingerprint density at radius 1 is 1.77 bits per heavy atom. The van der Waals surface area contributed by atoms with Crippen LogP contribution in [0.2, 0.25) is 0 Å². The van der Waals surface area contributed by atoms with Crippen molar-refractivity contribution in [3.8, 4) is 6.07 Å². The Labute approximate surface area is 78.1 Å². The van der Waals surface area contributed by atoms with E-state index >= 15 is 0 Å². The summed E-state index contributed by atoms with van der Waals surface area (Å²) in [6.07, 6.45) is 1.82. The van der Waals surface area contributed by atoms with Crippen LogP contribution >= 0.6 is 0 Å². The highest BCUT2D eigenvalue weighted by molar-refractivity contribution is 5.79. The first-order valence-electron chi connectivity index (χ1n) is 4.45. The maximum atomic E-state index is 11.6. The second kappa shape index (κ2) is 4.83. The summed E-state index contributed by atoms with van der Waals surface area (Å²) < 4.78 is 5.20. The Kier molecular flexibility index (Phi) is 3.71. The van der Waals surface area contributed by atoms with E-state index in [-0.39, 0.29) is 18.4 Å². The van der Waals surface area contributed by atoms with Crippen molar-refractivity contribution in [3.63, 3.8) is 0 Å². The van der Waals surface area contributed by atoms with Crippen LogP contribution in [0.4, 0.5) is 0 Å². The highest BCUT2D eigenvalue weighted by Gasteiger charge is 2.24. The number of carbonyl (C=O) groups is 1. The summed E-state index contributed by atoms with van der Waals surface area (Å²) in [4.78, 5) is 13.0. The number of rotatable bonds is 2. The lowest BCUT2D eigenvalue weighted by molar-refractivity contribution is -0.137. The van der Waals surface area contributed by atoms with Gasteiger partial charge in [-0.2, -0.15) is 5.26 Å². The average molecular weight is 182 g/mol. The molecule has 1 aliphatic heterocycles. The van der Waals surface area contributed by atoms with E-state index in [2.05, 4.69) is 0 Å². The van der Waals surface area contributed by atoms with Gasteiger partial charge in [-0.15, -0.1) is 0 Å². The van der Waals surface area contributed by atoms with Crippen LogP contribution in [0.25, 0.3) is 0 Å². The number of hydrogen-bond acceptors (Lipinski definition) is 3. The molecule has 1 amide bonds. The first kappa shape index (κ1) is 10.0. The molecule has 0 aromatic heterocycles. The van der Waals surface area contributed by atoms with Crippen LogP contribution in [0.5, 0.6) is 0 Å². The number of ether oxygens (including phenoxy) is 1. The molecule has 0 aliphatic carbocycles. The maximum Gasteiger partial charge on any atom is 0.228 e. The lowest BCUT2D eigenvalue weighted by Crippen LogP contribution is -2.37. The molecule has 4 heteroatoms. The van der Waals surface area contributed by atoms with Crippen LogP contribution in [0.3, 0.4) is 0 Å². The predicted octanol–water partition coefficient (Wildman–Crippen LogP) is 0.395. The largest absolute Gasteiger partial charge is 0.381 e. The highest BCUT2D eigenvalue weighted by atomic mass is 16.5. The third kappa shape index (κ3) is 2.71. The van der Waals surface area contributed by atoms with Gasteiger partial charge in [0.05, 0.1) is 18.6 Å². The SMILES string of the molecule is CN(CC#N)C(=O)C1CCCOC1. The lowest BCUT2D eigenvalue weighted by Gasteiger charge is -2.24. The molecule has 0 radical (unpaired) electrons. The first-order valence-corrected chi connectivity index (χ1v) is 4.45. The molecule has 1 aliphatic rings. The number of nitrogens with zero attached hydrogens (tertiary/aromatic N) is 2. The summed E-state index contributed by atoms with van der Waals surface area (Å²) in [7, 11) is 1.65. The number of carbonyl (C=O) groups excluding carboxylic acids is 1. The minimum absolute atomic E-state index is 0.0289. The normalized spacial score (nSPS) is 22.0. The van der Waals surface area contributed by atoms with Crippen LogP contribution in [0.1, 0.15) is 12.8 Å². The summed E-state index contributed by atoms with van der Waals surface area (Å²) in [6.45, 7) is 1.43. The summed E-state index contributed by atoms with van der Waals surface area (Å²) in [5.74, 6) is -0.00616. The van der Waals surface area contributed by atoms with E-state index in [4.69, 9.17) is 10.00 Å². The molecule has 0 saturated carbocycles. The first-order chi connectivity index (χ1) is 6.25. The van der Waals surface area contributed by atoms with Gasteiger partial charge in [0, 0.05) is 13.7 Å². The number of nitriles is 1. The summed E-state index contributed by atoms with van der Waals surface area (Å²) in [5, 5.41) is 8.41. The van der Waals surface area contributed by atoms with Crippen molar-refractivity contribution < 1.29 is 9.53 Å². The van der Waals surface area contributed by atoms with E-state index in [9.17, 15) is 4.79 Å². The van der Waals surface area contributed by atoms with Gasteiger partial charge >= 0.3 is 0 Å². The van der Waals surface area contributed by atoms with Crippen molar-refractivity contribution in [2.45, 2.75) is 12.8 Å². The molecule has 0 aromatic carbocycles. The second-order valence-corrected chi connectivity index (χ2v) is 3.27. The van der Waals surface area contributed by atoms with Crippen molar-refractivity contribution in [1.82, 2.24) is 4.90 Å². The monoisotopic (exact) mass is 182 g/mol. The van der Waals surface area contributed by atoms with E-state index in [1.165, 1.54) is 4.90 Å². The zero-order valence-electron chi connectivity index (χ0n) is 7.82. The Hall–Kier alpha value is -1.08. The number of amides is 1. The molecule has 1 heterocycles. The van der Waals surface area contributed by atoms with Crippen molar-refractivity contribution in [2.24, 2.45) is 5.92 Å². The van der Waals surface area contributed by atoms with Crippen molar-refractivity contribution in [1.29, 1.82) is 5.26 Å². The molecule has 1 saturated heterocycles. The minimum Gasteiger partial charge on any atom is -0.381 e. The molecular weight excluding hydrogens is 168 g/mol. The van der Waals surface area contributed by atoms with Gasteiger partial charge in [0.1, 0.15) is 6.54 Å². The second-order valence-electron chi connectivity index (χ2n) is 3.27. The molecule has 0 N–H and O–H groups in total. The van der Waals surface area contributed by atoms with Crippen molar-refractivity contribution >= 4 is 5.91 Å². The third-order valence-electron chi connectivity index (χ3n) is 2.19. The van der Waals surface area contributed by atoms with Crippen LogP contribution < -0.4 is 0 Å². The molecule has 0 bridgehead atoms. The van der Waals surface area contributed by atoms with E-state index in [1.54, 1.807) is 7.05 Å². The zero-order chi connectivity index (χ0) is 9.68. The Morgan fingerprint density at radius 2 is 2.54 bits per heavy atom.